The van der Waals surface area contributed by atoms with Crippen molar-refractivity contribution < 1.29 is 23.8 Å². The van der Waals surface area contributed by atoms with E-state index in [0.29, 0.717) is 36.1 Å². The molecule has 0 unspecified atom stereocenters. The van der Waals surface area contributed by atoms with Crippen molar-refractivity contribution in [2.24, 2.45) is 5.41 Å². The summed E-state index contributed by atoms with van der Waals surface area (Å²) in [5.41, 5.74) is 0.422. The van der Waals surface area contributed by atoms with Gasteiger partial charge in [0.05, 0.1) is 19.1 Å². The van der Waals surface area contributed by atoms with Gasteiger partial charge in [0, 0.05) is 19.2 Å². The number of nitrogens with zero attached hydrogens (tertiary/aromatic N) is 2. The summed E-state index contributed by atoms with van der Waals surface area (Å²) >= 11 is 0. The zero-order valence-electron chi connectivity index (χ0n) is 16.8. The number of hydrogen-bond acceptors (Lipinski definition) is 5. The van der Waals surface area contributed by atoms with Crippen LogP contribution in [0.3, 0.4) is 0 Å². The molecule has 1 aliphatic rings. The molecule has 2 aromatic rings. The Labute approximate surface area is 170 Å². The van der Waals surface area contributed by atoms with Gasteiger partial charge in [-0.15, -0.1) is 0 Å². The van der Waals surface area contributed by atoms with Gasteiger partial charge in [0.2, 0.25) is 0 Å². The van der Waals surface area contributed by atoms with Crippen LogP contribution in [-0.4, -0.2) is 43.6 Å². The molecule has 0 aliphatic carbocycles. The number of rotatable bonds is 6. The van der Waals surface area contributed by atoms with Crippen molar-refractivity contribution in [3.63, 3.8) is 0 Å². The molecule has 1 amide bonds. The number of piperidine rings is 1. The zero-order valence-corrected chi connectivity index (χ0v) is 16.8. The van der Waals surface area contributed by atoms with E-state index in [1.54, 1.807) is 31.1 Å². The highest BCUT2D eigenvalue weighted by atomic mass is 16.5. The van der Waals surface area contributed by atoms with E-state index in [0.717, 1.165) is 11.3 Å². The fourth-order valence-corrected chi connectivity index (χ4v) is 3.91. The standard InChI is InChI=1S/C22H26N2O5/c1-3-29-21(26)22(14-17-7-4-9-19(13-17)28-2)10-6-11-23(16-22)20(25)18-8-5-12-24(27)15-18/h4-5,7-9,12-13,15H,3,6,10-11,14,16H2,1-2H3/t22-/m1/s1. The third-order valence-electron chi connectivity index (χ3n) is 5.27. The Morgan fingerprint density at radius 2 is 2.10 bits per heavy atom. The second-order valence-electron chi connectivity index (χ2n) is 7.31. The Kier molecular flexibility index (Phi) is 6.36. The molecule has 1 saturated heterocycles. The number of methoxy groups -OCH3 is 1. The van der Waals surface area contributed by atoms with Gasteiger partial charge in [-0.05, 0) is 49.9 Å². The lowest BCUT2D eigenvalue weighted by Crippen LogP contribution is -2.51. The number of benzene rings is 1. The van der Waals surface area contributed by atoms with Crippen molar-refractivity contribution >= 4 is 11.9 Å². The molecule has 0 N–H and O–H groups in total. The Balaban J connectivity index is 1.89. The Bertz CT molecular complexity index is 885. The average Bonchev–Trinajstić information content (AvgIpc) is 2.73. The van der Waals surface area contributed by atoms with Gasteiger partial charge in [0.1, 0.15) is 11.3 Å². The van der Waals surface area contributed by atoms with Crippen molar-refractivity contribution in [1.82, 2.24) is 4.90 Å². The molecule has 29 heavy (non-hydrogen) atoms. The highest BCUT2D eigenvalue weighted by molar-refractivity contribution is 5.94. The maximum Gasteiger partial charge on any atom is 0.314 e. The van der Waals surface area contributed by atoms with Crippen LogP contribution in [-0.2, 0) is 16.0 Å². The molecular formula is C22H26N2O5. The molecule has 154 valence electrons. The lowest BCUT2D eigenvalue weighted by molar-refractivity contribution is -0.605. The molecule has 0 radical (unpaired) electrons. The molecule has 1 aliphatic heterocycles. The van der Waals surface area contributed by atoms with Crippen molar-refractivity contribution in [3.8, 4) is 5.75 Å². The van der Waals surface area contributed by atoms with Gasteiger partial charge in [0.25, 0.3) is 5.91 Å². The van der Waals surface area contributed by atoms with Gasteiger partial charge in [0.15, 0.2) is 12.4 Å². The van der Waals surface area contributed by atoms with Gasteiger partial charge in [-0.1, -0.05) is 12.1 Å². The maximum absolute atomic E-state index is 13.0. The first kappa shape index (κ1) is 20.6. The lowest BCUT2D eigenvalue weighted by atomic mass is 9.75. The molecule has 7 heteroatoms. The summed E-state index contributed by atoms with van der Waals surface area (Å²) in [7, 11) is 1.60. The van der Waals surface area contributed by atoms with E-state index in [1.807, 2.05) is 24.3 Å². The first-order chi connectivity index (χ1) is 14.0. The SMILES string of the molecule is CCOC(=O)[C@@]1(Cc2cccc(OC)c2)CCCN(C(=O)c2ccc[n+]([O-])c2)C1. The van der Waals surface area contributed by atoms with Gasteiger partial charge in [-0.2, -0.15) is 4.73 Å². The average molecular weight is 398 g/mol. The lowest BCUT2D eigenvalue weighted by Gasteiger charge is -2.41. The summed E-state index contributed by atoms with van der Waals surface area (Å²) in [4.78, 5) is 27.6. The third kappa shape index (κ3) is 4.67. The van der Waals surface area contributed by atoms with Crippen molar-refractivity contribution in [2.45, 2.75) is 26.2 Å². The van der Waals surface area contributed by atoms with Crippen LogP contribution in [0.15, 0.2) is 48.8 Å². The molecule has 0 spiro atoms. The summed E-state index contributed by atoms with van der Waals surface area (Å²) in [6, 6.07) is 10.7. The second kappa shape index (κ2) is 8.94. The zero-order chi connectivity index (χ0) is 20.9. The number of ether oxygens (including phenoxy) is 2. The fraction of sp³-hybridized carbons (Fsp3) is 0.409. The van der Waals surface area contributed by atoms with E-state index in [2.05, 4.69) is 0 Å². The van der Waals surface area contributed by atoms with Crippen LogP contribution in [0, 0.1) is 10.6 Å². The van der Waals surface area contributed by atoms with E-state index in [1.165, 1.54) is 12.4 Å². The minimum atomic E-state index is -0.835. The number of pyridine rings is 1. The van der Waals surface area contributed by atoms with E-state index in [4.69, 9.17) is 9.47 Å². The Hall–Kier alpha value is -3.09. The molecule has 2 heterocycles. The smallest absolute Gasteiger partial charge is 0.314 e. The normalized spacial score (nSPS) is 18.9. The molecule has 0 saturated carbocycles. The first-order valence-electron chi connectivity index (χ1n) is 9.76. The van der Waals surface area contributed by atoms with Gasteiger partial charge in [-0.3, -0.25) is 9.59 Å². The summed E-state index contributed by atoms with van der Waals surface area (Å²) in [5, 5.41) is 11.6. The molecule has 0 bridgehead atoms. The molecule has 1 atom stereocenters. The number of aromatic nitrogens is 1. The largest absolute Gasteiger partial charge is 0.619 e. The van der Waals surface area contributed by atoms with Crippen LogP contribution in [0.25, 0.3) is 0 Å². The van der Waals surface area contributed by atoms with Crippen LogP contribution in [0.5, 0.6) is 5.75 Å². The molecule has 1 fully saturated rings. The summed E-state index contributed by atoms with van der Waals surface area (Å²) < 4.78 is 11.3. The number of amides is 1. The molecular weight excluding hydrogens is 372 g/mol. The second-order valence-corrected chi connectivity index (χ2v) is 7.31. The number of likely N-dealkylation sites (tertiary alicyclic amines) is 1. The predicted octanol–water partition coefficient (Wildman–Crippen LogP) is 2.36. The minimum Gasteiger partial charge on any atom is -0.619 e. The van der Waals surface area contributed by atoms with Crippen LogP contribution < -0.4 is 9.47 Å². The van der Waals surface area contributed by atoms with E-state index in [9.17, 15) is 14.8 Å². The van der Waals surface area contributed by atoms with Gasteiger partial charge < -0.3 is 19.6 Å². The summed E-state index contributed by atoms with van der Waals surface area (Å²) in [5.74, 6) is 0.163. The van der Waals surface area contributed by atoms with E-state index < -0.39 is 5.41 Å². The number of hydrogen-bond donors (Lipinski definition) is 0. The van der Waals surface area contributed by atoms with Crippen LogP contribution in [0.1, 0.15) is 35.7 Å². The Morgan fingerprint density at radius 3 is 2.83 bits per heavy atom. The molecule has 1 aromatic heterocycles. The highest BCUT2D eigenvalue weighted by Gasteiger charge is 2.45. The van der Waals surface area contributed by atoms with Crippen molar-refractivity contribution in [3.05, 3.63) is 65.1 Å². The van der Waals surface area contributed by atoms with Gasteiger partial charge >= 0.3 is 5.97 Å². The highest BCUT2D eigenvalue weighted by Crippen LogP contribution is 2.36. The number of esters is 1. The van der Waals surface area contributed by atoms with Gasteiger partial charge in [-0.25, -0.2) is 0 Å². The summed E-state index contributed by atoms with van der Waals surface area (Å²) in [6.07, 6.45) is 4.34. The topological polar surface area (TPSA) is 82.8 Å². The summed E-state index contributed by atoms with van der Waals surface area (Å²) in [6.45, 7) is 2.84. The van der Waals surface area contributed by atoms with Crippen LogP contribution >= 0.6 is 0 Å². The number of carbonyl (C=O) groups excluding carboxylic acids is 2. The predicted molar refractivity (Wildman–Crippen MR) is 106 cm³/mol. The Morgan fingerprint density at radius 1 is 1.28 bits per heavy atom. The van der Waals surface area contributed by atoms with Crippen LogP contribution in [0.2, 0.25) is 0 Å². The molecule has 7 nitrogen and oxygen atoms in total. The number of carbonyl (C=O) groups is 2. The molecule has 3 rings (SSSR count). The third-order valence-corrected chi connectivity index (χ3v) is 5.27. The minimum absolute atomic E-state index is 0.246. The maximum atomic E-state index is 13.0. The first-order valence-corrected chi connectivity index (χ1v) is 9.76. The monoisotopic (exact) mass is 398 g/mol. The van der Waals surface area contributed by atoms with Crippen LogP contribution in [0.4, 0.5) is 0 Å². The van der Waals surface area contributed by atoms with Crippen molar-refractivity contribution in [1.29, 1.82) is 0 Å². The van der Waals surface area contributed by atoms with E-state index >= 15 is 0 Å². The quantitative estimate of drug-likeness (QED) is 0.424. The molecule has 1 aromatic carbocycles. The van der Waals surface area contributed by atoms with Crippen molar-refractivity contribution in [2.75, 3.05) is 26.8 Å². The van der Waals surface area contributed by atoms with E-state index in [-0.39, 0.29) is 25.0 Å². The fourth-order valence-electron chi connectivity index (χ4n) is 3.91.